The SMILES string of the molecule is O=S(Cc1ccccc1)c1c[nH]c2cccc(CO)c12. The molecule has 0 aliphatic carbocycles. The molecule has 1 atom stereocenters. The third kappa shape index (κ3) is 2.40. The van der Waals surface area contributed by atoms with Crippen LogP contribution in [-0.2, 0) is 23.2 Å². The van der Waals surface area contributed by atoms with Crippen LogP contribution in [0.4, 0.5) is 0 Å². The van der Waals surface area contributed by atoms with Crippen molar-refractivity contribution in [2.45, 2.75) is 17.3 Å². The van der Waals surface area contributed by atoms with E-state index in [1.54, 1.807) is 6.20 Å². The number of fused-ring (bicyclic) bond motifs is 1. The molecule has 1 aromatic heterocycles. The summed E-state index contributed by atoms with van der Waals surface area (Å²) in [5.41, 5.74) is 2.76. The Morgan fingerprint density at radius 2 is 1.85 bits per heavy atom. The van der Waals surface area contributed by atoms with E-state index in [0.29, 0.717) is 5.75 Å². The van der Waals surface area contributed by atoms with Crippen LogP contribution >= 0.6 is 0 Å². The van der Waals surface area contributed by atoms with Gasteiger partial charge in [0, 0.05) is 17.1 Å². The third-order valence-electron chi connectivity index (χ3n) is 3.31. The van der Waals surface area contributed by atoms with E-state index in [-0.39, 0.29) is 6.61 Å². The summed E-state index contributed by atoms with van der Waals surface area (Å²) in [6.07, 6.45) is 1.78. The lowest BCUT2D eigenvalue weighted by molar-refractivity contribution is 0.283. The first kappa shape index (κ1) is 13.1. The molecule has 3 nitrogen and oxygen atoms in total. The third-order valence-corrected chi connectivity index (χ3v) is 4.72. The topological polar surface area (TPSA) is 53.1 Å². The molecule has 1 unspecified atom stereocenters. The molecule has 0 aliphatic rings. The molecule has 0 fully saturated rings. The molecule has 0 saturated carbocycles. The van der Waals surface area contributed by atoms with Crippen molar-refractivity contribution >= 4 is 21.7 Å². The lowest BCUT2D eigenvalue weighted by Crippen LogP contribution is -1.97. The maximum atomic E-state index is 12.6. The number of hydrogen-bond donors (Lipinski definition) is 2. The number of aliphatic hydroxyl groups excluding tert-OH is 1. The summed E-state index contributed by atoms with van der Waals surface area (Å²) in [5.74, 6) is 0.480. The lowest BCUT2D eigenvalue weighted by atomic mass is 10.1. The molecular formula is C16H15NO2S. The second kappa shape index (κ2) is 5.61. The van der Waals surface area contributed by atoms with Crippen LogP contribution in [0.15, 0.2) is 59.6 Å². The molecule has 0 radical (unpaired) electrons. The molecular weight excluding hydrogens is 270 g/mol. The smallest absolute Gasteiger partial charge is 0.0688 e. The van der Waals surface area contributed by atoms with Crippen molar-refractivity contribution in [3.63, 3.8) is 0 Å². The van der Waals surface area contributed by atoms with Gasteiger partial charge in [0.15, 0.2) is 0 Å². The molecule has 2 N–H and O–H groups in total. The first-order chi connectivity index (χ1) is 9.79. The fraction of sp³-hybridized carbons (Fsp3) is 0.125. The molecule has 2 aromatic carbocycles. The zero-order valence-electron chi connectivity index (χ0n) is 10.9. The molecule has 102 valence electrons. The van der Waals surface area contributed by atoms with Gasteiger partial charge in [-0.05, 0) is 17.2 Å². The molecule has 0 aliphatic heterocycles. The highest BCUT2D eigenvalue weighted by atomic mass is 32.2. The summed E-state index contributed by atoms with van der Waals surface area (Å²) in [6, 6.07) is 15.5. The average molecular weight is 285 g/mol. The number of benzene rings is 2. The number of H-pyrrole nitrogens is 1. The molecule has 0 bridgehead atoms. The highest BCUT2D eigenvalue weighted by Gasteiger charge is 2.13. The van der Waals surface area contributed by atoms with Gasteiger partial charge in [0.05, 0.1) is 28.1 Å². The zero-order chi connectivity index (χ0) is 13.9. The largest absolute Gasteiger partial charge is 0.392 e. The van der Waals surface area contributed by atoms with E-state index in [4.69, 9.17) is 0 Å². The number of rotatable bonds is 4. The summed E-state index contributed by atoms with van der Waals surface area (Å²) < 4.78 is 12.6. The molecule has 1 heterocycles. The Balaban J connectivity index is 2.00. The lowest BCUT2D eigenvalue weighted by Gasteiger charge is -2.04. The number of hydrogen-bond acceptors (Lipinski definition) is 2. The molecule has 20 heavy (non-hydrogen) atoms. The van der Waals surface area contributed by atoms with Crippen LogP contribution in [0, 0.1) is 0 Å². The highest BCUT2D eigenvalue weighted by Crippen LogP contribution is 2.26. The predicted molar refractivity (Wildman–Crippen MR) is 80.8 cm³/mol. The first-order valence-corrected chi connectivity index (χ1v) is 7.73. The van der Waals surface area contributed by atoms with Crippen molar-refractivity contribution in [3.8, 4) is 0 Å². The summed E-state index contributed by atoms with van der Waals surface area (Å²) in [7, 11) is -1.13. The first-order valence-electron chi connectivity index (χ1n) is 6.41. The quantitative estimate of drug-likeness (QED) is 0.774. The zero-order valence-corrected chi connectivity index (χ0v) is 11.7. The van der Waals surface area contributed by atoms with E-state index in [2.05, 4.69) is 4.98 Å². The van der Waals surface area contributed by atoms with Crippen molar-refractivity contribution in [1.29, 1.82) is 0 Å². The van der Waals surface area contributed by atoms with E-state index in [9.17, 15) is 9.32 Å². The minimum absolute atomic E-state index is 0.0509. The van der Waals surface area contributed by atoms with Gasteiger partial charge in [-0.2, -0.15) is 0 Å². The second-order valence-corrected chi connectivity index (χ2v) is 6.05. The van der Waals surface area contributed by atoms with Gasteiger partial charge in [-0.3, -0.25) is 4.21 Å². The van der Waals surface area contributed by atoms with E-state index in [0.717, 1.165) is 26.9 Å². The fourth-order valence-corrected chi connectivity index (χ4v) is 3.65. The minimum atomic E-state index is -1.13. The number of aromatic amines is 1. The van der Waals surface area contributed by atoms with E-state index < -0.39 is 10.8 Å². The Hall–Kier alpha value is -1.91. The van der Waals surface area contributed by atoms with Crippen molar-refractivity contribution in [2.75, 3.05) is 0 Å². The maximum absolute atomic E-state index is 12.6. The number of nitrogens with one attached hydrogen (secondary N) is 1. The average Bonchev–Trinajstić information content (AvgIpc) is 2.92. The van der Waals surface area contributed by atoms with Gasteiger partial charge in [-0.1, -0.05) is 42.5 Å². The van der Waals surface area contributed by atoms with Gasteiger partial charge in [0.2, 0.25) is 0 Å². The molecule has 0 spiro atoms. The van der Waals surface area contributed by atoms with Crippen LogP contribution in [0.1, 0.15) is 11.1 Å². The van der Waals surface area contributed by atoms with Gasteiger partial charge in [-0.15, -0.1) is 0 Å². The van der Waals surface area contributed by atoms with Gasteiger partial charge in [0.25, 0.3) is 0 Å². The van der Waals surface area contributed by atoms with Gasteiger partial charge < -0.3 is 10.1 Å². The number of aromatic nitrogens is 1. The molecule has 0 saturated heterocycles. The monoisotopic (exact) mass is 285 g/mol. The minimum Gasteiger partial charge on any atom is -0.392 e. The maximum Gasteiger partial charge on any atom is 0.0688 e. The summed E-state index contributed by atoms with van der Waals surface area (Å²) >= 11 is 0. The van der Waals surface area contributed by atoms with Crippen molar-refractivity contribution in [1.82, 2.24) is 4.98 Å². The van der Waals surface area contributed by atoms with E-state index in [1.807, 2.05) is 48.5 Å². The van der Waals surface area contributed by atoms with Crippen LogP contribution in [-0.4, -0.2) is 14.3 Å². The van der Waals surface area contributed by atoms with Crippen LogP contribution in [0.25, 0.3) is 10.9 Å². The van der Waals surface area contributed by atoms with Gasteiger partial charge in [-0.25, -0.2) is 0 Å². The Morgan fingerprint density at radius 1 is 1.05 bits per heavy atom. The van der Waals surface area contributed by atoms with E-state index in [1.165, 1.54) is 0 Å². The Bertz CT molecular complexity index is 750. The molecule has 3 aromatic rings. The molecule has 4 heteroatoms. The van der Waals surface area contributed by atoms with Crippen molar-refractivity contribution < 1.29 is 9.32 Å². The standard InChI is InChI=1S/C16H15NO2S/c18-10-13-7-4-8-14-16(13)15(9-17-14)20(19)11-12-5-2-1-3-6-12/h1-9,17-18H,10-11H2. The highest BCUT2D eigenvalue weighted by molar-refractivity contribution is 7.84. The molecule has 3 rings (SSSR count). The normalized spacial score (nSPS) is 12.7. The Labute approximate surface area is 119 Å². The van der Waals surface area contributed by atoms with Crippen molar-refractivity contribution in [2.24, 2.45) is 0 Å². The summed E-state index contributed by atoms with van der Waals surface area (Å²) in [6.45, 7) is -0.0509. The Kier molecular flexibility index (Phi) is 3.67. The summed E-state index contributed by atoms with van der Waals surface area (Å²) in [4.78, 5) is 3.88. The molecule has 0 amide bonds. The van der Waals surface area contributed by atoms with Crippen LogP contribution < -0.4 is 0 Å². The van der Waals surface area contributed by atoms with Gasteiger partial charge in [0.1, 0.15) is 0 Å². The van der Waals surface area contributed by atoms with Crippen molar-refractivity contribution in [3.05, 3.63) is 65.9 Å². The summed E-state index contributed by atoms with van der Waals surface area (Å²) in [5, 5.41) is 10.3. The fourth-order valence-electron chi connectivity index (χ4n) is 2.34. The number of aliphatic hydroxyl groups is 1. The second-order valence-electron chi connectivity index (χ2n) is 4.63. The van der Waals surface area contributed by atoms with E-state index >= 15 is 0 Å². The van der Waals surface area contributed by atoms with Crippen LogP contribution in [0.5, 0.6) is 0 Å². The van der Waals surface area contributed by atoms with Crippen LogP contribution in [0.3, 0.4) is 0 Å². The van der Waals surface area contributed by atoms with Gasteiger partial charge >= 0.3 is 0 Å². The van der Waals surface area contributed by atoms with Crippen LogP contribution in [0.2, 0.25) is 0 Å². The predicted octanol–water partition coefficient (Wildman–Crippen LogP) is 2.97. The Morgan fingerprint density at radius 3 is 2.60 bits per heavy atom.